The van der Waals surface area contributed by atoms with Crippen LogP contribution in [-0.4, -0.2) is 41.7 Å². The summed E-state index contributed by atoms with van der Waals surface area (Å²) in [4.78, 5) is 24.4. The summed E-state index contributed by atoms with van der Waals surface area (Å²) in [5.41, 5.74) is 4.12. The number of fused-ring (bicyclic) bond motifs is 1. The summed E-state index contributed by atoms with van der Waals surface area (Å²) >= 11 is 0. The summed E-state index contributed by atoms with van der Waals surface area (Å²) in [5.74, 6) is 0.501. The standard InChI is InChI=1S/C21H23N5O/c27-21-22-13-20(26(21)17-6-7-18-19(12-17)24-14-23-18)15-8-10-25(11-9-15)16-4-2-1-3-5-16/h1-7,12,14-15,20H,8-11,13H2,(H,22,27)(H,23,24). The van der Waals surface area contributed by atoms with Crippen molar-refractivity contribution < 1.29 is 4.79 Å². The third kappa shape index (κ3) is 2.91. The summed E-state index contributed by atoms with van der Waals surface area (Å²) in [7, 11) is 0. The maximum absolute atomic E-state index is 12.6. The summed E-state index contributed by atoms with van der Waals surface area (Å²) in [5, 5.41) is 3.05. The van der Waals surface area contributed by atoms with Crippen molar-refractivity contribution in [2.24, 2.45) is 5.92 Å². The van der Waals surface area contributed by atoms with Gasteiger partial charge in [-0.05, 0) is 49.1 Å². The normalized spacial score (nSPS) is 21.0. The van der Waals surface area contributed by atoms with E-state index in [0.29, 0.717) is 5.92 Å². The number of rotatable bonds is 3. The maximum atomic E-state index is 12.6. The van der Waals surface area contributed by atoms with Gasteiger partial charge in [0.2, 0.25) is 0 Å². The SMILES string of the molecule is O=C1NCC(C2CCN(c3ccccc3)CC2)N1c1ccc2nc[nH]c2c1. The van der Waals surface area contributed by atoms with E-state index >= 15 is 0 Å². The topological polar surface area (TPSA) is 64.3 Å². The third-order valence-corrected chi connectivity index (χ3v) is 5.90. The van der Waals surface area contributed by atoms with Crippen LogP contribution in [0.4, 0.5) is 16.2 Å². The molecule has 2 fully saturated rings. The van der Waals surface area contributed by atoms with Gasteiger partial charge < -0.3 is 15.2 Å². The first-order valence-electron chi connectivity index (χ1n) is 9.60. The molecule has 0 aliphatic carbocycles. The van der Waals surface area contributed by atoms with Crippen LogP contribution in [0.2, 0.25) is 0 Å². The van der Waals surface area contributed by atoms with E-state index in [1.807, 2.05) is 23.1 Å². The Kier molecular flexibility index (Phi) is 3.96. The van der Waals surface area contributed by atoms with Crippen LogP contribution in [0.1, 0.15) is 12.8 Å². The van der Waals surface area contributed by atoms with Crippen LogP contribution in [0.5, 0.6) is 0 Å². The largest absolute Gasteiger partial charge is 0.372 e. The van der Waals surface area contributed by atoms with Crippen LogP contribution < -0.4 is 15.1 Å². The maximum Gasteiger partial charge on any atom is 0.322 e. The van der Waals surface area contributed by atoms with E-state index in [9.17, 15) is 4.79 Å². The summed E-state index contributed by atoms with van der Waals surface area (Å²) in [6.45, 7) is 2.79. The Labute approximate surface area is 158 Å². The minimum Gasteiger partial charge on any atom is -0.372 e. The molecule has 138 valence electrons. The average molecular weight is 361 g/mol. The fourth-order valence-electron chi connectivity index (χ4n) is 4.46. The molecule has 1 unspecified atom stereocenters. The van der Waals surface area contributed by atoms with Gasteiger partial charge in [-0.1, -0.05) is 18.2 Å². The second-order valence-corrected chi connectivity index (χ2v) is 7.39. The van der Waals surface area contributed by atoms with E-state index < -0.39 is 0 Å². The number of hydrogen-bond donors (Lipinski definition) is 2. The monoisotopic (exact) mass is 361 g/mol. The Balaban J connectivity index is 1.34. The molecule has 1 aromatic heterocycles. The second-order valence-electron chi connectivity index (χ2n) is 7.39. The quantitative estimate of drug-likeness (QED) is 0.752. The lowest BCUT2D eigenvalue weighted by atomic mass is 9.88. The van der Waals surface area contributed by atoms with E-state index in [1.165, 1.54) is 5.69 Å². The van der Waals surface area contributed by atoms with Gasteiger partial charge in [-0.15, -0.1) is 0 Å². The molecule has 27 heavy (non-hydrogen) atoms. The van der Waals surface area contributed by atoms with Crippen molar-refractivity contribution in [2.75, 3.05) is 29.4 Å². The summed E-state index contributed by atoms with van der Waals surface area (Å²) < 4.78 is 0. The lowest BCUT2D eigenvalue weighted by molar-refractivity contribution is 0.250. The summed E-state index contributed by atoms with van der Waals surface area (Å²) in [6.07, 6.45) is 3.88. The minimum absolute atomic E-state index is 0.00403. The highest BCUT2D eigenvalue weighted by Gasteiger charge is 2.38. The lowest BCUT2D eigenvalue weighted by Crippen LogP contribution is -2.45. The molecule has 2 amide bonds. The molecule has 5 rings (SSSR count). The molecule has 2 aliphatic rings. The zero-order valence-corrected chi connectivity index (χ0v) is 15.1. The number of H-pyrrole nitrogens is 1. The van der Waals surface area contributed by atoms with Gasteiger partial charge in [-0.25, -0.2) is 9.78 Å². The molecular formula is C21H23N5O. The number of anilines is 2. The zero-order chi connectivity index (χ0) is 18.2. The van der Waals surface area contributed by atoms with Gasteiger partial charge >= 0.3 is 6.03 Å². The van der Waals surface area contributed by atoms with Gasteiger partial charge in [0.1, 0.15) is 0 Å². The Morgan fingerprint density at radius 2 is 1.81 bits per heavy atom. The summed E-state index contributed by atoms with van der Waals surface area (Å²) in [6, 6.07) is 16.8. The van der Waals surface area contributed by atoms with Gasteiger partial charge in [0.05, 0.1) is 23.4 Å². The number of nitrogens with one attached hydrogen (secondary N) is 2. The number of piperidine rings is 1. The van der Waals surface area contributed by atoms with Crippen LogP contribution >= 0.6 is 0 Å². The number of para-hydroxylation sites is 1. The molecule has 0 spiro atoms. The third-order valence-electron chi connectivity index (χ3n) is 5.90. The highest BCUT2D eigenvalue weighted by atomic mass is 16.2. The number of benzene rings is 2. The molecule has 2 aliphatic heterocycles. The van der Waals surface area contributed by atoms with Crippen molar-refractivity contribution in [2.45, 2.75) is 18.9 Å². The fraction of sp³-hybridized carbons (Fsp3) is 0.333. The smallest absolute Gasteiger partial charge is 0.322 e. The van der Waals surface area contributed by atoms with Crippen molar-refractivity contribution in [3.8, 4) is 0 Å². The van der Waals surface area contributed by atoms with Gasteiger partial charge in [-0.3, -0.25) is 4.90 Å². The van der Waals surface area contributed by atoms with E-state index in [-0.39, 0.29) is 12.1 Å². The van der Waals surface area contributed by atoms with E-state index in [0.717, 1.165) is 49.2 Å². The predicted octanol–water partition coefficient (Wildman–Crippen LogP) is 3.38. The van der Waals surface area contributed by atoms with Crippen molar-refractivity contribution in [3.63, 3.8) is 0 Å². The number of hydrogen-bond acceptors (Lipinski definition) is 3. The number of carbonyl (C=O) groups excluding carboxylic acids is 1. The molecule has 2 aromatic carbocycles. The number of nitrogens with zero attached hydrogens (tertiary/aromatic N) is 3. The molecule has 3 aromatic rings. The molecule has 6 heteroatoms. The molecule has 1 atom stereocenters. The molecular weight excluding hydrogens is 338 g/mol. The molecule has 0 bridgehead atoms. The van der Waals surface area contributed by atoms with Crippen molar-refractivity contribution in [3.05, 3.63) is 54.9 Å². The molecule has 3 heterocycles. The van der Waals surface area contributed by atoms with Crippen LogP contribution in [0.3, 0.4) is 0 Å². The average Bonchev–Trinajstić information content (AvgIpc) is 3.34. The Morgan fingerprint density at radius 3 is 2.63 bits per heavy atom. The second kappa shape index (κ2) is 6.61. The number of urea groups is 1. The minimum atomic E-state index is 0.00403. The van der Waals surface area contributed by atoms with Gasteiger partial charge in [0.15, 0.2) is 0 Å². The van der Waals surface area contributed by atoms with Gasteiger partial charge in [-0.2, -0.15) is 0 Å². The molecule has 2 N–H and O–H groups in total. The highest BCUT2D eigenvalue weighted by Crippen LogP contribution is 2.32. The zero-order valence-electron chi connectivity index (χ0n) is 15.1. The number of amides is 2. The highest BCUT2D eigenvalue weighted by molar-refractivity contribution is 5.96. The molecule has 2 saturated heterocycles. The number of aromatic amines is 1. The Morgan fingerprint density at radius 1 is 1.00 bits per heavy atom. The van der Waals surface area contributed by atoms with Crippen LogP contribution in [-0.2, 0) is 0 Å². The first kappa shape index (κ1) is 16.2. The Bertz CT molecular complexity index is 945. The van der Waals surface area contributed by atoms with Crippen molar-refractivity contribution in [1.82, 2.24) is 15.3 Å². The molecule has 6 nitrogen and oxygen atoms in total. The van der Waals surface area contributed by atoms with Gasteiger partial charge in [0.25, 0.3) is 0 Å². The van der Waals surface area contributed by atoms with E-state index in [1.54, 1.807) is 6.33 Å². The van der Waals surface area contributed by atoms with E-state index in [2.05, 4.69) is 50.5 Å². The van der Waals surface area contributed by atoms with E-state index in [4.69, 9.17) is 0 Å². The number of aromatic nitrogens is 2. The van der Waals surface area contributed by atoms with Crippen molar-refractivity contribution in [1.29, 1.82) is 0 Å². The fourth-order valence-corrected chi connectivity index (χ4v) is 4.46. The number of imidazole rings is 1. The molecule has 0 radical (unpaired) electrons. The predicted molar refractivity (Wildman–Crippen MR) is 107 cm³/mol. The van der Waals surface area contributed by atoms with Crippen LogP contribution in [0.15, 0.2) is 54.9 Å². The van der Waals surface area contributed by atoms with Crippen LogP contribution in [0, 0.1) is 5.92 Å². The molecule has 0 saturated carbocycles. The van der Waals surface area contributed by atoms with Gasteiger partial charge in [0, 0.05) is 31.0 Å². The first-order valence-corrected chi connectivity index (χ1v) is 9.60. The first-order chi connectivity index (χ1) is 13.3. The van der Waals surface area contributed by atoms with Crippen molar-refractivity contribution >= 4 is 28.4 Å². The van der Waals surface area contributed by atoms with Crippen LogP contribution in [0.25, 0.3) is 11.0 Å². The Hall–Kier alpha value is -3.02. The lowest BCUT2D eigenvalue weighted by Gasteiger charge is -2.38. The number of carbonyl (C=O) groups is 1.